The number of rotatable bonds is 6. The molecule has 2 heterocycles. The van der Waals surface area contributed by atoms with Crippen molar-refractivity contribution in [2.24, 2.45) is 0 Å². The first-order valence-corrected chi connectivity index (χ1v) is 8.08. The number of methoxy groups -OCH3 is 1. The highest BCUT2D eigenvalue weighted by Crippen LogP contribution is 2.32. The fraction of sp³-hybridized carbons (Fsp3) is 0.600. The summed E-state index contributed by atoms with van der Waals surface area (Å²) in [6, 6.07) is 1.13. The van der Waals surface area contributed by atoms with Crippen LogP contribution in [0.3, 0.4) is 0 Å². The minimum absolute atomic E-state index is 0.296. The van der Waals surface area contributed by atoms with Gasteiger partial charge in [0, 0.05) is 19.4 Å². The third-order valence-electron chi connectivity index (χ3n) is 3.23. The zero-order valence-electron chi connectivity index (χ0n) is 11.9. The van der Waals surface area contributed by atoms with Gasteiger partial charge >= 0.3 is 5.69 Å². The van der Waals surface area contributed by atoms with Gasteiger partial charge in [-0.05, 0) is 0 Å². The van der Waals surface area contributed by atoms with Crippen LogP contribution in [0.1, 0.15) is 6.23 Å². The molecular formula is C10H16N3O8PS. The lowest BCUT2D eigenvalue weighted by molar-refractivity contribution is -0.107. The smallest absolute Gasteiger partial charge is 0.330 e. The Balaban J connectivity index is 2.17. The van der Waals surface area contributed by atoms with Gasteiger partial charge in [0.2, 0.25) is 0 Å². The van der Waals surface area contributed by atoms with E-state index in [0.29, 0.717) is 4.24 Å². The molecule has 0 bridgehead atoms. The minimum atomic E-state index is -3.15. The topological polar surface area (TPSA) is 143 Å². The van der Waals surface area contributed by atoms with Crippen molar-refractivity contribution < 1.29 is 28.9 Å². The molecule has 1 aromatic heterocycles. The van der Waals surface area contributed by atoms with E-state index >= 15 is 0 Å². The summed E-state index contributed by atoms with van der Waals surface area (Å²) in [7, 11) is -1.83. The molecule has 0 aromatic carbocycles. The molecule has 5 atom stereocenters. The highest BCUT2D eigenvalue weighted by Gasteiger charge is 2.45. The lowest BCUT2D eigenvalue weighted by atomic mass is 10.1. The Bertz CT molecular complexity index is 681. The van der Waals surface area contributed by atoms with E-state index in [1.807, 2.05) is 0 Å². The van der Waals surface area contributed by atoms with Crippen molar-refractivity contribution >= 4 is 21.0 Å². The molecule has 23 heavy (non-hydrogen) atoms. The Morgan fingerprint density at radius 3 is 2.83 bits per heavy atom. The molecule has 3 N–H and O–H groups in total. The van der Waals surface area contributed by atoms with Crippen molar-refractivity contribution in [1.29, 1.82) is 0 Å². The van der Waals surface area contributed by atoms with Crippen LogP contribution in [0.5, 0.6) is 0 Å². The highest BCUT2D eigenvalue weighted by molar-refractivity contribution is 7.82. The van der Waals surface area contributed by atoms with Gasteiger partial charge in [0.25, 0.3) is 13.7 Å². The normalized spacial score (nSPS) is 29.1. The summed E-state index contributed by atoms with van der Waals surface area (Å²) in [4.78, 5) is 38.7. The summed E-state index contributed by atoms with van der Waals surface area (Å²) < 4.78 is 22.9. The Hall–Kier alpha value is -0.980. The SMILES string of the molecule is COC1C(O)[C@H](CON(S)[PH](=O)O)O[C@@H]1n1ccc(=O)[nH]c1=O. The molecule has 1 fully saturated rings. The third-order valence-corrected chi connectivity index (χ3v) is 4.32. The summed E-state index contributed by atoms with van der Waals surface area (Å²) in [6.45, 7) is -0.296. The first-order chi connectivity index (χ1) is 10.8. The van der Waals surface area contributed by atoms with E-state index < -0.39 is 44.0 Å². The number of aromatic nitrogens is 2. The number of nitrogens with one attached hydrogen (secondary N) is 1. The van der Waals surface area contributed by atoms with E-state index in [2.05, 4.69) is 17.8 Å². The summed E-state index contributed by atoms with van der Waals surface area (Å²) in [5, 5.41) is 10.2. The third kappa shape index (κ3) is 4.11. The number of nitrogens with zero attached hydrogens (tertiary/aromatic N) is 2. The summed E-state index contributed by atoms with van der Waals surface area (Å²) in [6.07, 6.45) is -2.82. The zero-order chi connectivity index (χ0) is 17.1. The fourth-order valence-corrected chi connectivity index (χ4v) is 2.41. The van der Waals surface area contributed by atoms with Gasteiger partial charge in [-0.3, -0.25) is 23.7 Å². The van der Waals surface area contributed by atoms with Crippen molar-refractivity contribution in [3.05, 3.63) is 33.1 Å². The molecule has 2 rings (SSSR count). The molecule has 0 saturated carbocycles. The van der Waals surface area contributed by atoms with Gasteiger partial charge in [-0.1, -0.05) is 17.1 Å². The van der Waals surface area contributed by atoms with Gasteiger partial charge in [0.15, 0.2) is 6.23 Å². The van der Waals surface area contributed by atoms with Gasteiger partial charge in [0.05, 0.1) is 6.61 Å². The molecule has 130 valence electrons. The molecule has 3 unspecified atom stereocenters. The second kappa shape index (κ2) is 7.73. The largest absolute Gasteiger partial charge is 0.387 e. The van der Waals surface area contributed by atoms with Crippen molar-refractivity contribution in [2.45, 2.75) is 24.5 Å². The summed E-state index contributed by atoms with van der Waals surface area (Å²) in [5.74, 6) is 0. The van der Waals surface area contributed by atoms with E-state index in [-0.39, 0.29) is 6.61 Å². The Kier molecular flexibility index (Phi) is 6.17. The first kappa shape index (κ1) is 18.4. The maximum atomic E-state index is 11.8. The van der Waals surface area contributed by atoms with Crippen molar-refractivity contribution in [3.8, 4) is 0 Å². The second-order valence-corrected chi connectivity index (χ2v) is 6.34. The Labute approximate surface area is 135 Å². The van der Waals surface area contributed by atoms with Crippen LogP contribution in [-0.2, 0) is 18.9 Å². The summed E-state index contributed by atoms with van der Waals surface area (Å²) >= 11 is 3.62. The van der Waals surface area contributed by atoms with Gasteiger partial charge in [-0.2, -0.15) is 0 Å². The molecule has 1 aliphatic heterocycles. The highest BCUT2D eigenvalue weighted by atomic mass is 32.1. The van der Waals surface area contributed by atoms with Crippen molar-refractivity contribution in [1.82, 2.24) is 13.8 Å². The molecule has 0 aliphatic carbocycles. The van der Waals surface area contributed by atoms with Crippen LogP contribution in [0.25, 0.3) is 0 Å². The minimum Gasteiger partial charge on any atom is -0.387 e. The van der Waals surface area contributed by atoms with Crippen LogP contribution in [0, 0.1) is 0 Å². The lowest BCUT2D eigenvalue weighted by Crippen LogP contribution is -2.39. The van der Waals surface area contributed by atoms with Crippen molar-refractivity contribution in [2.75, 3.05) is 13.7 Å². The fourth-order valence-electron chi connectivity index (χ4n) is 2.16. The Morgan fingerprint density at radius 2 is 2.26 bits per heavy atom. The zero-order valence-corrected chi connectivity index (χ0v) is 13.8. The van der Waals surface area contributed by atoms with Gasteiger partial charge < -0.3 is 19.5 Å². The number of thiol groups is 1. The van der Waals surface area contributed by atoms with Crippen LogP contribution in [0.4, 0.5) is 0 Å². The number of H-pyrrole nitrogens is 1. The molecule has 13 heteroatoms. The monoisotopic (exact) mass is 369 g/mol. The van der Waals surface area contributed by atoms with Gasteiger partial charge in [0.1, 0.15) is 18.3 Å². The van der Waals surface area contributed by atoms with E-state index in [0.717, 1.165) is 10.6 Å². The van der Waals surface area contributed by atoms with Crippen LogP contribution >= 0.6 is 21.0 Å². The predicted molar refractivity (Wildman–Crippen MR) is 80.0 cm³/mol. The molecule has 0 amide bonds. The number of hydrogen-bond donors (Lipinski definition) is 4. The van der Waals surface area contributed by atoms with Crippen LogP contribution in [0.2, 0.25) is 0 Å². The second-order valence-electron chi connectivity index (χ2n) is 4.62. The number of ether oxygens (including phenoxy) is 2. The lowest BCUT2D eigenvalue weighted by Gasteiger charge is -2.19. The van der Waals surface area contributed by atoms with Gasteiger partial charge in [-0.25, -0.2) is 4.79 Å². The van der Waals surface area contributed by atoms with E-state index in [1.54, 1.807) is 0 Å². The quantitative estimate of drug-likeness (QED) is 0.261. The molecule has 0 radical (unpaired) electrons. The maximum absolute atomic E-state index is 11.8. The molecule has 1 aromatic rings. The molecule has 0 spiro atoms. The average molecular weight is 369 g/mol. The number of aliphatic hydroxyl groups excluding tert-OH is 1. The van der Waals surface area contributed by atoms with Crippen LogP contribution in [0.15, 0.2) is 21.9 Å². The average Bonchev–Trinajstić information content (AvgIpc) is 2.80. The number of hydrogen-bond acceptors (Lipinski definition) is 8. The molecule has 1 saturated heterocycles. The number of aromatic amines is 1. The first-order valence-electron chi connectivity index (χ1n) is 6.37. The summed E-state index contributed by atoms with van der Waals surface area (Å²) in [5.41, 5.74) is -1.30. The molecular weight excluding hydrogens is 353 g/mol. The number of aliphatic hydroxyl groups is 1. The van der Waals surface area contributed by atoms with Crippen molar-refractivity contribution in [3.63, 3.8) is 0 Å². The standard InChI is InChI=1S/C10H16N3O8PS/c1-19-8-7(15)5(4-20-13(23)22(17)18)21-9(8)12-3-2-6(14)11-10(12)16/h2-3,5,7-9,15,22-23H,4H2,1H3,(H,17,18)(H,11,14,16)/t5-,7?,8?,9-/m0/s1. The van der Waals surface area contributed by atoms with E-state index in [1.165, 1.54) is 13.3 Å². The molecule has 11 nitrogen and oxygen atoms in total. The van der Waals surface area contributed by atoms with E-state index in [4.69, 9.17) is 19.2 Å². The Morgan fingerprint density at radius 1 is 1.57 bits per heavy atom. The maximum Gasteiger partial charge on any atom is 0.330 e. The predicted octanol–water partition coefficient (Wildman–Crippen LogP) is -1.73. The van der Waals surface area contributed by atoms with E-state index in [9.17, 15) is 19.3 Å². The van der Waals surface area contributed by atoms with Gasteiger partial charge in [-0.15, -0.1) is 0 Å². The van der Waals surface area contributed by atoms with Crippen LogP contribution < -0.4 is 11.2 Å². The molecule has 1 aliphatic rings. The van der Waals surface area contributed by atoms with Crippen LogP contribution in [-0.4, -0.2) is 55.8 Å².